The van der Waals surface area contributed by atoms with Crippen molar-refractivity contribution < 1.29 is 28.6 Å². The Morgan fingerprint density at radius 3 is 2.17 bits per heavy atom. The average molecular weight is 1030 g/mol. The van der Waals surface area contributed by atoms with Crippen molar-refractivity contribution >= 4 is 66.6 Å². The SMILES string of the molecule is C[Si](C)(C)c1ccc(-c2[c-]cccc2)nc1.[2H]C([2H])([2H])c1ccc(-c2ccc3c(c2)sc2c(-c4nc5ccccc5n4-c4cccc5c(F)cc(-c6ccccc6)cc45)[c-]ccc23)cc1.[Ir]. The van der Waals surface area contributed by atoms with E-state index in [0.717, 1.165) is 87.2 Å². The predicted molar refractivity (Wildman–Crippen MR) is 263 cm³/mol. The quantitative estimate of drug-likeness (QED) is 0.123. The molecule has 0 aliphatic carbocycles. The molecule has 0 saturated carbocycles. The van der Waals surface area contributed by atoms with Crippen molar-refractivity contribution in [2.75, 3.05) is 0 Å². The zero-order valence-corrected chi connectivity index (χ0v) is 39.0. The van der Waals surface area contributed by atoms with Crippen LogP contribution < -0.4 is 5.19 Å². The standard InChI is InChI=1S/C42H26FN2S.C14H16NSi.Ir/c1-26-17-19-28(20-18-26)29-21-22-32-33-12-7-13-34(41(33)46-40(32)25-29)42-44-37-14-5-6-15-39(37)45(42)38-16-8-11-31-35(38)23-30(24-36(31)43)27-9-3-2-4-10-27;1-16(2,3)13-9-10-14(15-11-13)12-7-5-4-6-8-12;/h2-12,14-25H,1H3;4-7,9-11H,1-3H3;/q2*-1;/i1D3;;. The van der Waals surface area contributed by atoms with Crippen LogP contribution in [0.4, 0.5) is 4.39 Å². The van der Waals surface area contributed by atoms with Crippen LogP contribution in [0.5, 0.6) is 0 Å². The van der Waals surface area contributed by atoms with E-state index in [1.165, 1.54) is 5.19 Å². The van der Waals surface area contributed by atoms with Gasteiger partial charge in [-0.2, -0.15) is 11.3 Å². The minimum absolute atomic E-state index is 0. The fourth-order valence-electron chi connectivity index (χ4n) is 8.05. The number of fused-ring (bicyclic) bond motifs is 5. The molecule has 8 aromatic carbocycles. The van der Waals surface area contributed by atoms with E-state index >= 15 is 4.39 Å². The number of imidazole rings is 1. The van der Waals surface area contributed by atoms with Gasteiger partial charge in [-0.05, 0) is 86.5 Å². The van der Waals surface area contributed by atoms with Crippen LogP contribution in [-0.2, 0) is 20.1 Å². The average Bonchev–Trinajstić information content (AvgIpc) is 3.90. The van der Waals surface area contributed by atoms with Gasteiger partial charge in [0.25, 0.3) is 0 Å². The number of thiophene rings is 1. The van der Waals surface area contributed by atoms with Crippen molar-refractivity contribution in [2.24, 2.45) is 0 Å². The van der Waals surface area contributed by atoms with Gasteiger partial charge in [-0.1, -0.05) is 139 Å². The van der Waals surface area contributed by atoms with Crippen molar-refractivity contribution in [2.45, 2.75) is 26.5 Å². The minimum atomic E-state index is -2.14. The summed E-state index contributed by atoms with van der Waals surface area (Å²) < 4.78 is 43.2. The summed E-state index contributed by atoms with van der Waals surface area (Å²) in [5.74, 6) is 0.461. The first-order valence-corrected chi connectivity index (χ1v) is 24.9. The molecule has 0 fully saturated rings. The first kappa shape index (κ1) is 38.3. The van der Waals surface area contributed by atoms with Gasteiger partial charge in [0.05, 0.1) is 24.9 Å². The molecule has 3 nitrogen and oxygen atoms in total. The topological polar surface area (TPSA) is 30.7 Å². The van der Waals surface area contributed by atoms with Crippen molar-refractivity contribution in [3.05, 3.63) is 206 Å². The summed E-state index contributed by atoms with van der Waals surface area (Å²) in [7, 11) is -1.23. The summed E-state index contributed by atoms with van der Waals surface area (Å²) in [4.78, 5) is 9.70. The molecule has 0 aliphatic rings. The Kier molecular flexibility index (Phi) is 10.6. The van der Waals surface area contributed by atoms with Gasteiger partial charge in [0.2, 0.25) is 0 Å². The van der Waals surface area contributed by atoms with E-state index in [4.69, 9.17) is 9.10 Å². The molecule has 63 heavy (non-hydrogen) atoms. The number of hydrogen-bond acceptors (Lipinski definition) is 3. The smallest absolute Gasteiger partial charge is 0.131 e. The summed E-state index contributed by atoms with van der Waals surface area (Å²) in [6.07, 6.45) is 2.02. The Balaban J connectivity index is 0.000000273. The monoisotopic (exact) mass is 1030 g/mol. The van der Waals surface area contributed by atoms with Crippen LogP contribution in [0.2, 0.25) is 19.6 Å². The molecular weight excluding hydrogens is 986 g/mol. The minimum Gasteiger partial charge on any atom is -0.333 e. The molecule has 0 unspecified atom stereocenters. The van der Waals surface area contributed by atoms with Crippen molar-refractivity contribution in [1.29, 1.82) is 0 Å². The van der Waals surface area contributed by atoms with Gasteiger partial charge in [0.1, 0.15) is 5.82 Å². The second-order valence-electron chi connectivity index (χ2n) is 16.4. The number of aromatic nitrogens is 3. The Bertz CT molecular complexity index is 3510. The molecule has 3 heterocycles. The summed E-state index contributed by atoms with van der Waals surface area (Å²) in [5.41, 5.74) is 9.59. The largest absolute Gasteiger partial charge is 0.333 e. The third-order valence-corrected chi connectivity index (χ3v) is 14.5. The Morgan fingerprint density at radius 2 is 1.41 bits per heavy atom. The number of halogens is 1. The molecule has 0 bridgehead atoms. The first-order valence-electron chi connectivity index (χ1n) is 22.1. The Hall–Kier alpha value is -6.34. The van der Waals surface area contributed by atoms with Crippen molar-refractivity contribution in [3.63, 3.8) is 0 Å². The van der Waals surface area contributed by atoms with Crippen molar-refractivity contribution in [3.8, 4) is 50.6 Å². The van der Waals surface area contributed by atoms with Gasteiger partial charge in [-0.25, -0.2) is 4.39 Å². The summed E-state index contributed by atoms with van der Waals surface area (Å²) in [6.45, 7) is 4.86. The number of benzene rings is 8. The fourth-order valence-corrected chi connectivity index (χ4v) is 10.3. The number of rotatable bonds is 6. The summed E-state index contributed by atoms with van der Waals surface area (Å²) >= 11 is 1.68. The van der Waals surface area contributed by atoms with E-state index in [-0.39, 0.29) is 25.9 Å². The van der Waals surface area contributed by atoms with Crippen LogP contribution in [-0.4, -0.2) is 22.6 Å². The summed E-state index contributed by atoms with van der Waals surface area (Å²) in [6, 6.07) is 63.8. The number of para-hydroxylation sites is 2. The normalized spacial score (nSPS) is 12.3. The molecule has 309 valence electrons. The maximum absolute atomic E-state index is 15.8. The number of aryl methyl sites for hydroxylation is 1. The molecule has 0 atom stereocenters. The molecule has 1 radical (unpaired) electrons. The van der Waals surface area contributed by atoms with E-state index in [1.807, 2.05) is 115 Å². The number of hydrogen-bond donors (Lipinski definition) is 0. The van der Waals surface area contributed by atoms with Crippen LogP contribution in [0, 0.1) is 24.8 Å². The predicted octanol–water partition coefficient (Wildman–Crippen LogP) is 14.9. The molecule has 11 rings (SSSR count). The third-order valence-electron chi connectivity index (χ3n) is 11.3. The fraction of sp³-hybridized carbons (Fsp3) is 0.0714. The third kappa shape index (κ3) is 8.22. The first-order chi connectivity index (χ1) is 31.4. The number of pyridine rings is 1. The maximum atomic E-state index is 15.8. The van der Waals surface area contributed by atoms with Gasteiger partial charge < -0.3 is 9.55 Å². The molecule has 0 amide bonds. The van der Waals surface area contributed by atoms with E-state index in [9.17, 15) is 0 Å². The maximum Gasteiger partial charge on any atom is 0.131 e. The zero-order valence-electron chi connectivity index (χ0n) is 37.8. The number of nitrogens with zero attached hydrogens (tertiary/aromatic N) is 3. The van der Waals surface area contributed by atoms with Crippen LogP contribution in [0.1, 0.15) is 9.68 Å². The second-order valence-corrected chi connectivity index (χ2v) is 22.5. The van der Waals surface area contributed by atoms with Gasteiger partial charge in [0.15, 0.2) is 0 Å². The van der Waals surface area contributed by atoms with Crippen LogP contribution in [0.25, 0.3) is 92.6 Å². The Labute approximate surface area is 390 Å². The molecule has 0 saturated heterocycles. The van der Waals surface area contributed by atoms with E-state index < -0.39 is 14.9 Å². The molecule has 3 aromatic heterocycles. The van der Waals surface area contributed by atoms with E-state index in [2.05, 4.69) is 89.9 Å². The van der Waals surface area contributed by atoms with Gasteiger partial charge >= 0.3 is 0 Å². The Morgan fingerprint density at radius 1 is 0.635 bits per heavy atom. The van der Waals surface area contributed by atoms with Crippen LogP contribution >= 0.6 is 11.3 Å². The molecule has 11 aromatic rings. The molecular formula is C56H42FIrN3SSi-2. The molecule has 7 heteroatoms. The summed E-state index contributed by atoms with van der Waals surface area (Å²) in [5, 5.41) is 4.97. The van der Waals surface area contributed by atoms with Crippen LogP contribution in [0.15, 0.2) is 182 Å². The van der Waals surface area contributed by atoms with Crippen LogP contribution in [0.3, 0.4) is 0 Å². The second kappa shape index (κ2) is 17.4. The van der Waals surface area contributed by atoms with Crippen molar-refractivity contribution in [1.82, 2.24) is 14.5 Å². The van der Waals surface area contributed by atoms with E-state index in [0.29, 0.717) is 10.9 Å². The molecule has 0 N–H and O–H groups in total. The van der Waals surface area contributed by atoms with E-state index in [1.54, 1.807) is 29.5 Å². The zero-order chi connectivity index (χ0) is 44.9. The molecule has 0 spiro atoms. The van der Waals surface area contributed by atoms with Gasteiger partial charge in [0, 0.05) is 51.6 Å². The van der Waals surface area contributed by atoms with Gasteiger partial charge in [-0.3, -0.25) is 4.98 Å². The van der Waals surface area contributed by atoms with Gasteiger partial charge in [-0.15, -0.1) is 54.1 Å². The molecule has 0 aliphatic heterocycles.